The second-order valence-corrected chi connectivity index (χ2v) is 5.72. The molecule has 27 heavy (non-hydrogen) atoms. The van der Waals surface area contributed by atoms with Crippen molar-refractivity contribution in [1.29, 1.82) is 0 Å². The Labute approximate surface area is 156 Å². The summed E-state index contributed by atoms with van der Waals surface area (Å²) in [6, 6.07) is 14.5. The molecule has 138 valence electrons. The number of benzene rings is 2. The number of hydrazone groups is 1. The van der Waals surface area contributed by atoms with Crippen LogP contribution in [0.25, 0.3) is 10.9 Å². The molecular weight excluding hydrogens is 344 g/mol. The molecule has 0 aliphatic heterocycles. The molecule has 2 amide bonds. The Balaban J connectivity index is 1.48. The zero-order valence-corrected chi connectivity index (χ0v) is 14.9. The number of para-hydroxylation sites is 1. The van der Waals surface area contributed by atoms with Crippen molar-refractivity contribution in [3.63, 3.8) is 0 Å². The number of fused-ring (bicyclic) bond motifs is 1. The van der Waals surface area contributed by atoms with Crippen LogP contribution in [0.15, 0.2) is 59.8 Å². The maximum atomic E-state index is 12.1. The first-order chi connectivity index (χ1) is 13.2. The van der Waals surface area contributed by atoms with E-state index in [1.807, 2.05) is 37.4 Å². The Bertz CT molecular complexity index is 961. The summed E-state index contributed by atoms with van der Waals surface area (Å²) in [7, 11) is 0. The molecule has 0 aliphatic carbocycles. The minimum atomic E-state index is -0.412. The summed E-state index contributed by atoms with van der Waals surface area (Å²) in [6.45, 7) is 2.28. The van der Waals surface area contributed by atoms with Crippen molar-refractivity contribution in [2.75, 3.05) is 13.2 Å². The maximum absolute atomic E-state index is 12.1. The van der Waals surface area contributed by atoms with E-state index < -0.39 is 5.91 Å². The van der Waals surface area contributed by atoms with Gasteiger partial charge in [0.25, 0.3) is 11.8 Å². The molecule has 0 radical (unpaired) electrons. The number of nitrogens with one attached hydrogen (secondary N) is 3. The van der Waals surface area contributed by atoms with Crippen molar-refractivity contribution in [1.82, 2.24) is 15.7 Å². The summed E-state index contributed by atoms with van der Waals surface area (Å²) >= 11 is 0. The molecule has 1 heterocycles. The summed E-state index contributed by atoms with van der Waals surface area (Å²) in [6.07, 6.45) is 3.37. The van der Waals surface area contributed by atoms with Crippen molar-refractivity contribution in [3.8, 4) is 5.75 Å². The van der Waals surface area contributed by atoms with Crippen LogP contribution in [-0.2, 0) is 4.79 Å². The highest BCUT2D eigenvalue weighted by Gasteiger charge is 2.08. The van der Waals surface area contributed by atoms with Gasteiger partial charge in [0, 0.05) is 28.2 Å². The van der Waals surface area contributed by atoms with Gasteiger partial charge in [-0.05, 0) is 37.3 Å². The van der Waals surface area contributed by atoms with E-state index in [9.17, 15) is 9.59 Å². The standard InChI is InChI=1S/C20H20N4O3/c1-2-27-16-9-7-14(8-10-16)20(26)22-13-19(25)24-23-12-15-11-21-18-6-4-3-5-17(15)18/h3-12,21H,2,13H2,1H3,(H,22,26)(H,24,25)/b23-12-. The molecule has 2 aromatic carbocycles. The molecule has 3 aromatic rings. The fourth-order valence-corrected chi connectivity index (χ4v) is 2.55. The molecule has 3 N–H and O–H groups in total. The molecule has 0 aliphatic rings. The molecule has 0 saturated heterocycles. The molecule has 0 bridgehead atoms. The molecule has 0 atom stereocenters. The van der Waals surface area contributed by atoms with Gasteiger partial charge in [0.15, 0.2) is 0 Å². The summed E-state index contributed by atoms with van der Waals surface area (Å²) in [5.74, 6) is -0.0578. The van der Waals surface area contributed by atoms with Gasteiger partial charge in [-0.15, -0.1) is 0 Å². The van der Waals surface area contributed by atoms with Crippen LogP contribution in [0.2, 0.25) is 0 Å². The third-order valence-electron chi connectivity index (χ3n) is 3.85. The van der Waals surface area contributed by atoms with Crippen molar-refractivity contribution in [3.05, 3.63) is 65.9 Å². The van der Waals surface area contributed by atoms with Crippen LogP contribution in [0.5, 0.6) is 5.75 Å². The van der Waals surface area contributed by atoms with Gasteiger partial charge in [-0.3, -0.25) is 9.59 Å². The highest BCUT2D eigenvalue weighted by Crippen LogP contribution is 2.15. The number of hydrogen-bond donors (Lipinski definition) is 3. The van der Waals surface area contributed by atoms with E-state index in [0.717, 1.165) is 16.5 Å². The number of carbonyl (C=O) groups is 2. The van der Waals surface area contributed by atoms with Gasteiger partial charge in [-0.25, -0.2) is 5.43 Å². The molecular formula is C20H20N4O3. The van der Waals surface area contributed by atoms with Crippen molar-refractivity contribution in [2.24, 2.45) is 5.10 Å². The predicted molar refractivity (Wildman–Crippen MR) is 104 cm³/mol. The van der Waals surface area contributed by atoms with Gasteiger partial charge in [0.2, 0.25) is 0 Å². The first kappa shape index (κ1) is 18.2. The third kappa shape index (κ3) is 4.72. The topological polar surface area (TPSA) is 95.6 Å². The first-order valence-corrected chi connectivity index (χ1v) is 8.56. The van der Waals surface area contributed by atoms with E-state index in [4.69, 9.17) is 4.74 Å². The molecule has 0 saturated carbocycles. The number of carbonyl (C=O) groups excluding carboxylic acids is 2. The number of hydrogen-bond acceptors (Lipinski definition) is 4. The second kappa shape index (κ2) is 8.66. The number of rotatable bonds is 7. The van der Waals surface area contributed by atoms with Crippen LogP contribution in [0.1, 0.15) is 22.8 Å². The van der Waals surface area contributed by atoms with Crippen LogP contribution in [-0.4, -0.2) is 36.2 Å². The monoisotopic (exact) mass is 364 g/mol. The highest BCUT2D eigenvalue weighted by molar-refractivity contribution is 5.99. The number of ether oxygens (including phenoxy) is 1. The summed E-state index contributed by atoms with van der Waals surface area (Å²) in [5.41, 5.74) is 4.71. The Morgan fingerprint density at radius 2 is 1.93 bits per heavy atom. The maximum Gasteiger partial charge on any atom is 0.259 e. The number of H-pyrrole nitrogens is 1. The predicted octanol–water partition coefficient (Wildman–Crippen LogP) is 2.45. The number of aromatic amines is 1. The van der Waals surface area contributed by atoms with Crippen LogP contribution in [0.4, 0.5) is 0 Å². The highest BCUT2D eigenvalue weighted by atomic mass is 16.5. The van der Waals surface area contributed by atoms with Gasteiger partial charge in [0.1, 0.15) is 5.75 Å². The number of nitrogens with zero attached hydrogens (tertiary/aromatic N) is 1. The van der Waals surface area contributed by atoms with Crippen molar-refractivity contribution >= 4 is 28.9 Å². The summed E-state index contributed by atoms with van der Waals surface area (Å²) in [5, 5.41) is 7.50. The first-order valence-electron chi connectivity index (χ1n) is 8.56. The van der Waals surface area contributed by atoms with Gasteiger partial charge in [-0.2, -0.15) is 5.10 Å². The van der Waals surface area contributed by atoms with Gasteiger partial charge in [0.05, 0.1) is 19.4 Å². The molecule has 7 nitrogen and oxygen atoms in total. The second-order valence-electron chi connectivity index (χ2n) is 5.72. The molecule has 0 unspecified atom stereocenters. The average Bonchev–Trinajstić information content (AvgIpc) is 3.10. The van der Waals surface area contributed by atoms with Crippen LogP contribution in [0.3, 0.4) is 0 Å². The van der Waals surface area contributed by atoms with Gasteiger partial charge >= 0.3 is 0 Å². The van der Waals surface area contributed by atoms with E-state index in [2.05, 4.69) is 20.8 Å². The minimum absolute atomic E-state index is 0.169. The van der Waals surface area contributed by atoms with E-state index in [1.54, 1.807) is 30.5 Å². The van der Waals surface area contributed by atoms with Crippen molar-refractivity contribution < 1.29 is 14.3 Å². The fraction of sp³-hybridized carbons (Fsp3) is 0.150. The normalized spacial score (nSPS) is 10.9. The lowest BCUT2D eigenvalue weighted by Gasteiger charge is -2.06. The lowest BCUT2D eigenvalue weighted by atomic mass is 10.2. The zero-order chi connectivity index (χ0) is 19.1. The molecule has 0 spiro atoms. The van der Waals surface area contributed by atoms with Crippen molar-refractivity contribution in [2.45, 2.75) is 6.92 Å². The minimum Gasteiger partial charge on any atom is -0.494 e. The lowest BCUT2D eigenvalue weighted by molar-refractivity contribution is -0.120. The van der Waals surface area contributed by atoms with E-state index >= 15 is 0 Å². The van der Waals surface area contributed by atoms with E-state index in [-0.39, 0.29) is 12.5 Å². The van der Waals surface area contributed by atoms with Crippen LogP contribution >= 0.6 is 0 Å². The third-order valence-corrected chi connectivity index (χ3v) is 3.85. The Hall–Kier alpha value is -3.61. The molecule has 0 fully saturated rings. The Kier molecular flexibility index (Phi) is 5.84. The van der Waals surface area contributed by atoms with E-state index in [0.29, 0.717) is 17.9 Å². The summed E-state index contributed by atoms with van der Waals surface area (Å²) < 4.78 is 5.33. The van der Waals surface area contributed by atoms with E-state index in [1.165, 1.54) is 0 Å². The van der Waals surface area contributed by atoms with Crippen LogP contribution < -0.4 is 15.5 Å². The number of amides is 2. The molecule has 1 aromatic heterocycles. The quantitative estimate of drug-likeness (QED) is 0.444. The smallest absolute Gasteiger partial charge is 0.259 e. The lowest BCUT2D eigenvalue weighted by Crippen LogP contribution is -2.34. The SMILES string of the molecule is CCOc1ccc(C(=O)NCC(=O)N/N=C\c2c[nH]c3ccccc23)cc1. The Morgan fingerprint density at radius 1 is 1.15 bits per heavy atom. The summed E-state index contributed by atoms with van der Waals surface area (Å²) in [4.78, 5) is 27.0. The zero-order valence-electron chi connectivity index (χ0n) is 14.9. The Morgan fingerprint density at radius 3 is 2.70 bits per heavy atom. The molecule has 7 heteroatoms. The number of aromatic nitrogens is 1. The fourth-order valence-electron chi connectivity index (χ4n) is 2.55. The largest absolute Gasteiger partial charge is 0.494 e. The van der Waals surface area contributed by atoms with Crippen LogP contribution in [0, 0.1) is 0 Å². The van der Waals surface area contributed by atoms with Gasteiger partial charge < -0.3 is 15.0 Å². The average molecular weight is 364 g/mol. The molecule has 3 rings (SSSR count). The van der Waals surface area contributed by atoms with Gasteiger partial charge in [-0.1, -0.05) is 18.2 Å².